The average molecular weight is 325 g/mol. The van der Waals surface area contributed by atoms with E-state index in [2.05, 4.69) is 5.32 Å². The van der Waals surface area contributed by atoms with Crippen LogP contribution in [0.15, 0.2) is 42.5 Å². The van der Waals surface area contributed by atoms with E-state index in [1.54, 1.807) is 24.3 Å². The Morgan fingerprint density at radius 3 is 2.67 bits per heavy atom. The van der Waals surface area contributed by atoms with E-state index in [4.69, 9.17) is 23.2 Å². The Kier molecular flexibility index (Phi) is 4.77. The summed E-state index contributed by atoms with van der Waals surface area (Å²) in [5, 5.41) is 13.4. The number of nitro groups is 1. The van der Waals surface area contributed by atoms with Gasteiger partial charge in [-0.05, 0) is 29.8 Å². The highest BCUT2D eigenvalue weighted by Crippen LogP contribution is 2.27. The van der Waals surface area contributed by atoms with Gasteiger partial charge in [-0.15, -0.1) is 11.6 Å². The van der Waals surface area contributed by atoms with Crippen molar-refractivity contribution in [2.45, 2.75) is 5.88 Å². The second-order valence-corrected chi connectivity index (χ2v) is 4.89. The zero-order chi connectivity index (χ0) is 15.4. The topological polar surface area (TPSA) is 72.2 Å². The van der Waals surface area contributed by atoms with Gasteiger partial charge in [0, 0.05) is 23.2 Å². The third-order valence-electron chi connectivity index (χ3n) is 2.74. The van der Waals surface area contributed by atoms with Gasteiger partial charge in [0.15, 0.2) is 0 Å². The van der Waals surface area contributed by atoms with Gasteiger partial charge in [-0.2, -0.15) is 0 Å². The third kappa shape index (κ3) is 3.71. The first kappa shape index (κ1) is 15.3. The molecule has 21 heavy (non-hydrogen) atoms. The molecular formula is C14H10Cl2N2O3. The summed E-state index contributed by atoms with van der Waals surface area (Å²) in [5.41, 5.74) is 1.27. The van der Waals surface area contributed by atoms with Crippen LogP contribution in [0, 0.1) is 10.1 Å². The maximum atomic E-state index is 12.1. The largest absolute Gasteiger partial charge is 0.322 e. The SMILES string of the molecule is O=C(Nc1ccc(Cl)c([N+](=O)[O-])c1)c1cccc(CCl)c1. The van der Waals surface area contributed by atoms with Gasteiger partial charge in [0.1, 0.15) is 5.02 Å². The van der Waals surface area contributed by atoms with Crippen molar-refractivity contribution < 1.29 is 9.72 Å². The predicted molar refractivity (Wildman–Crippen MR) is 82.1 cm³/mol. The van der Waals surface area contributed by atoms with Crippen LogP contribution < -0.4 is 5.32 Å². The highest BCUT2D eigenvalue weighted by atomic mass is 35.5. The van der Waals surface area contributed by atoms with Gasteiger partial charge in [0.25, 0.3) is 11.6 Å². The Morgan fingerprint density at radius 2 is 2.00 bits per heavy atom. The molecule has 0 saturated carbocycles. The number of rotatable bonds is 4. The van der Waals surface area contributed by atoms with Gasteiger partial charge in [-0.3, -0.25) is 14.9 Å². The van der Waals surface area contributed by atoms with Crippen molar-refractivity contribution in [3.8, 4) is 0 Å². The number of alkyl halides is 1. The molecule has 0 radical (unpaired) electrons. The minimum atomic E-state index is -0.605. The number of amides is 1. The van der Waals surface area contributed by atoms with E-state index >= 15 is 0 Å². The molecule has 0 fully saturated rings. The first-order valence-electron chi connectivity index (χ1n) is 5.91. The van der Waals surface area contributed by atoms with E-state index in [-0.39, 0.29) is 16.6 Å². The molecule has 108 valence electrons. The molecule has 0 aliphatic carbocycles. The van der Waals surface area contributed by atoms with Crippen LogP contribution in [0.1, 0.15) is 15.9 Å². The number of benzene rings is 2. The van der Waals surface area contributed by atoms with Crippen LogP contribution in [0.2, 0.25) is 5.02 Å². The smallest absolute Gasteiger partial charge is 0.289 e. The summed E-state index contributed by atoms with van der Waals surface area (Å²) in [6.45, 7) is 0. The molecule has 0 bridgehead atoms. The number of nitrogens with zero attached hydrogens (tertiary/aromatic N) is 1. The third-order valence-corrected chi connectivity index (χ3v) is 3.37. The monoisotopic (exact) mass is 324 g/mol. The minimum absolute atomic E-state index is 0.0159. The van der Waals surface area contributed by atoms with Crippen molar-refractivity contribution in [2.75, 3.05) is 5.32 Å². The number of hydrogen-bond donors (Lipinski definition) is 1. The molecule has 0 spiro atoms. The molecule has 2 rings (SSSR count). The number of hydrogen-bond acceptors (Lipinski definition) is 3. The fourth-order valence-corrected chi connectivity index (χ4v) is 2.08. The summed E-state index contributed by atoms with van der Waals surface area (Å²) in [5.74, 6) is -0.0772. The van der Waals surface area contributed by atoms with Gasteiger partial charge >= 0.3 is 0 Å². The maximum absolute atomic E-state index is 12.1. The molecule has 5 nitrogen and oxygen atoms in total. The van der Waals surface area contributed by atoms with Crippen LogP contribution in [0.4, 0.5) is 11.4 Å². The summed E-state index contributed by atoms with van der Waals surface area (Å²) < 4.78 is 0. The van der Waals surface area contributed by atoms with Crippen LogP contribution >= 0.6 is 23.2 Å². The molecule has 0 aliphatic rings. The van der Waals surface area contributed by atoms with E-state index in [1.807, 2.05) is 0 Å². The maximum Gasteiger partial charge on any atom is 0.289 e. The molecule has 0 heterocycles. The molecule has 2 aromatic carbocycles. The number of carbonyl (C=O) groups excluding carboxylic acids is 1. The zero-order valence-electron chi connectivity index (χ0n) is 10.7. The molecule has 0 aliphatic heterocycles. The number of nitro benzene ring substituents is 1. The Balaban J connectivity index is 2.23. The lowest BCUT2D eigenvalue weighted by Crippen LogP contribution is -2.12. The molecule has 0 saturated heterocycles. The molecule has 0 aromatic heterocycles. The standard InChI is InChI=1S/C14H10Cl2N2O3/c15-8-9-2-1-3-10(6-9)14(19)17-11-4-5-12(16)13(7-11)18(20)21/h1-7H,8H2,(H,17,19). The van der Waals surface area contributed by atoms with Gasteiger partial charge in [-0.1, -0.05) is 23.7 Å². The number of nitrogens with one attached hydrogen (secondary N) is 1. The Labute approximate surface area is 130 Å². The quantitative estimate of drug-likeness (QED) is 0.519. The molecule has 0 unspecified atom stereocenters. The Morgan fingerprint density at radius 1 is 1.24 bits per heavy atom. The molecule has 1 amide bonds. The van der Waals surface area contributed by atoms with Crippen molar-refractivity contribution in [2.24, 2.45) is 0 Å². The van der Waals surface area contributed by atoms with E-state index in [0.29, 0.717) is 17.1 Å². The van der Waals surface area contributed by atoms with E-state index in [1.165, 1.54) is 18.2 Å². The van der Waals surface area contributed by atoms with E-state index < -0.39 is 4.92 Å². The van der Waals surface area contributed by atoms with Crippen LogP contribution in [0.25, 0.3) is 0 Å². The van der Waals surface area contributed by atoms with Crippen LogP contribution in [-0.4, -0.2) is 10.8 Å². The van der Waals surface area contributed by atoms with Crippen LogP contribution in [0.5, 0.6) is 0 Å². The van der Waals surface area contributed by atoms with Crippen LogP contribution in [0.3, 0.4) is 0 Å². The van der Waals surface area contributed by atoms with Gasteiger partial charge in [0.05, 0.1) is 4.92 Å². The Bertz CT molecular complexity index is 704. The van der Waals surface area contributed by atoms with Gasteiger partial charge in [0.2, 0.25) is 0 Å². The second-order valence-electron chi connectivity index (χ2n) is 4.21. The summed E-state index contributed by atoms with van der Waals surface area (Å²) in [6.07, 6.45) is 0. The number of carbonyl (C=O) groups is 1. The molecule has 0 atom stereocenters. The van der Waals surface area contributed by atoms with Gasteiger partial charge < -0.3 is 5.32 Å². The lowest BCUT2D eigenvalue weighted by atomic mass is 10.1. The summed E-state index contributed by atoms with van der Waals surface area (Å²) in [7, 11) is 0. The predicted octanol–water partition coefficient (Wildman–Crippen LogP) is 4.24. The summed E-state index contributed by atoms with van der Waals surface area (Å²) in [4.78, 5) is 22.3. The van der Waals surface area contributed by atoms with E-state index in [0.717, 1.165) is 5.56 Å². The Hall–Kier alpha value is -2.11. The molecular weight excluding hydrogens is 315 g/mol. The van der Waals surface area contributed by atoms with Gasteiger partial charge in [-0.25, -0.2) is 0 Å². The van der Waals surface area contributed by atoms with Crippen LogP contribution in [-0.2, 0) is 5.88 Å². The van der Waals surface area contributed by atoms with Crippen molar-refractivity contribution in [3.63, 3.8) is 0 Å². The molecule has 2 aromatic rings. The summed E-state index contributed by atoms with van der Waals surface area (Å²) in [6, 6.07) is 10.9. The second kappa shape index (κ2) is 6.56. The van der Waals surface area contributed by atoms with Crippen molar-refractivity contribution in [1.29, 1.82) is 0 Å². The highest BCUT2D eigenvalue weighted by molar-refractivity contribution is 6.32. The fraction of sp³-hybridized carbons (Fsp3) is 0.0714. The number of halogens is 2. The van der Waals surface area contributed by atoms with Crippen molar-refractivity contribution in [1.82, 2.24) is 0 Å². The highest BCUT2D eigenvalue weighted by Gasteiger charge is 2.14. The lowest BCUT2D eigenvalue weighted by molar-refractivity contribution is -0.384. The molecule has 1 N–H and O–H groups in total. The van der Waals surface area contributed by atoms with Crippen molar-refractivity contribution in [3.05, 3.63) is 68.7 Å². The summed E-state index contributed by atoms with van der Waals surface area (Å²) >= 11 is 11.4. The zero-order valence-corrected chi connectivity index (χ0v) is 12.2. The normalized spacial score (nSPS) is 10.2. The molecule has 7 heteroatoms. The van der Waals surface area contributed by atoms with Crippen molar-refractivity contribution >= 4 is 40.5 Å². The minimum Gasteiger partial charge on any atom is -0.322 e. The average Bonchev–Trinajstić information content (AvgIpc) is 2.49. The number of anilines is 1. The fourth-order valence-electron chi connectivity index (χ4n) is 1.73. The lowest BCUT2D eigenvalue weighted by Gasteiger charge is -2.06. The first-order chi connectivity index (χ1) is 10.0. The van der Waals surface area contributed by atoms with E-state index in [9.17, 15) is 14.9 Å². The first-order valence-corrected chi connectivity index (χ1v) is 6.82.